The standard InChI is InChI=1S/2C25H20N4O4S2.C23H23N5O5S2.C22H21N5O5S2/c1-14-4-6-15(7-5-14)23-26-16(13-34-23)12-32-20-8-17(30-2)9-21-18(20)10-22(33-21)19-11-29-24(27-19)35-25(28-29)31-3;1-14-19(26-23(34-14)15-7-5-4-6-8-15)13-32-20-9-16(30-2)10-21-17(20)11-22(33-21)18-12-29-24(27-18)35-25(28-29)31-3;1-13-17(25-21(34-13)27-4-6-31-7-5-27)12-32-18-8-14(29-2)9-19-15(18)10-20(33-19)16-11-28-22(24-16)35-23(26-28)30-3;1-28-14-7-17(31-11-13-12-33-20(23-13)26-3-5-30-6-4-26)15-9-19(32-18(15)8-14)16-10-27-21(24-16)34-22(25-27)29-2/h4-11,13H,12H2,1-3H3;4-12H,13H2,1-3H3;8-11H,4-7,12H2,1-3H3;7-10,12H,3-6,11H2,1-2H3. The van der Waals surface area contributed by atoms with Crippen LogP contribution in [0, 0.1) is 20.8 Å². The van der Waals surface area contributed by atoms with E-state index >= 15 is 0 Å². The summed E-state index contributed by atoms with van der Waals surface area (Å²) in [5, 5.41) is 30.9. The van der Waals surface area contributed by atoms with Crippen LogP contribution in [0.3, 0.4) is 0 Å². The SMILES string of the molecule is COc1cc(OCc2csc(-c3ccc(C)cc3)n2)c2cc(-c3cn4nc(OC)sc4n3)oc2c1.COc1cc(OCc2csc(N3CCOCC3)n2)c2cc(-c3cn4nc(OC)sc4n3)oc2c1.COc1cc(OCc2nc(-c3ccccc3)sc2C)c2cc(-c3cn4nc(OC)sc4n3)oc2c1.COc1cc(OCc2nc(N3CCOCC3)sc2C)c2cc(-c3cn4nc(OC)sc4n3)oc2c1. The molecule has 0 N–H and O–H groups in total. The number of fused-ring (bicyclic) bond motifs is 8. The lowest BCUT2D eigenvalue weighted by Gasteiger charge is -2.26. The molecule has 2 fully saturated rings. The Kier molecular flexibility index (Phi) is 26.1. The number of aryl methyl sites for hydroxylation is 3. The van der Waals surface area contributed by atoms with Gasteiger partial charge in [-0.15, -0.1) is 65.7 Å². The van der Waals surface area contributed by atoms with Crippen LogP contribution in [0.4, 0.5) is 10.3 Å². The van der Waals surface area contributed by atoms with Gasteiger partial charge in [0.25, 0.3) is 20.8 Å². The molecule has 0 saturated carbocycles. The van der Waals surface area contributed by atoms with E-state index in [9.17, 15) is 0 Å². The van der Waals surface area contributed by atoms with Crippen molar-refractivity contribution < 1.29 is 84.0 Å². The number of hydrogen-bond donors (Lipinski definition) is 0. The molecule has 16 aromatic heterocycles. The highest BCUT2D eigenvalue weighted by Crippen LogP contribution is 2.45. The number of thiazole rings is 4. The summed E-state index contributed by atoms with van der Waals surface area (Å²) in [4.78, 5) is 47.2. The number of imidazole rings is 4. The summed E-state index contributed by atoms with van der Waals surface area (Å²) >= 11 is 12.0. The Bertz CT molecular complexity index is 7990. The summed E-state index contributed by atoms with van der Waals surface area (Å²) < 4.78 is 110. The first kappa shape index (κ1) is 91.0. The van der Waals surface area contributed by atoms with E-state index in [1.54, 1.807) is 120 Å². The van der Waals surface area contributed by atoms with Gasteiger partial charge in [0.15, 0.2) is 33.3 Å². The Labute approximate surface area is 822 Å². The van der Waals surface area contributed by atoms with E-state index in [1.807, 2.05) is 127 Å². The van der Waals surface area contributed by atoms with Gasteiger partial charge in [0.05, 0.1) is 152 Å². The Morgan fingerprint density at radius 2 is 0.676 bits per heavy atom. The zero-order chi connectivity index (χ0) is 94.9. The van der Waals surface area contributed by atoms with Gasteiger partial charge in [-0.2, -0.15) is 0 Å². The van der Waals surface area contributed by atoms with Crippen LogP contribution < -0.4 is 66.6 Å². The minimum Gasteiger partial charge on any atom is -0.496 e. The fourth-order valence-corrected chi connectivity index (χ4v) is 21.4. The fraction of sp³-hybridized carbons (Fsp3) is 0.242. The quantitative estimate of drug-likeness (QED) is 0.0439. The molecule has 44 heteroatoms. The molecule has 0 unspecified atom stereocenters. The normalized spacial score (nSPS) is 12.8. The van der Waals surface area contributed by atoms with E-state index in [0.717, 1.165) is 158 Å². The molecule has 0 radical (unpaired) electrons. The zero-order valence-corrected chi connectivity index (χ0v) is 82.8. The third kappa shape index (κ3) is 19.5. The predicted octanol–water partition coefficient (Wildman–Crippen LogP) is 21.0. The maximum absolute atomic E-state index is 6.26. The van der Waals surface area contributed by atoms with Gasteiger partial charge in [0, 0.05) is 106 Å². The molecule has 139 heavy (non-hydrogen) atoms. The van der Waals surface area contributed by atoms with Crippen LogP contribution in [-0.4, -0.2) is 188 Å². The molecule has 710 valence electrons. The van der Waals surface area contributed by atoms with Gasteiger partial charge in [-0.05, 0) is 90.4 Å². The van der Waals surface area contributed by atoms with Crippen molar-refractivity contribution in [1.29, 1.82) is 0 Å². The van der Waals surface area contributed by atoms with Gasteiger partial charge in [-0.25, -0.2) is 57.9 Å². The van der Waals surface area contributed by atoms with E-state index in [2.05, 4.69) is 107 Å². The second kappa shape index (κ2) is 39.9. The number of anilines is 2. The maximum atomic E-state index is 6.26. The zero-order valence-electron chi connectivity index (χ0n) is 76.2. The number of morpholine rings is 2. The van der Waals surface area contributed by atoms with E-state index in [1.165, 1.54) is 50.9 Å². The highest BCUT2D eigenvalue weighted by atomic mass is 32.1. The molecule has 6 aromatic carbocycles. The van der Waals surface area contributed by atoms with Gasteiger partial charge >= 0.3 is 0 Å². The molecule has 18 heterocycles. The first-order valence-corrected chi connectivity index (χ1v) is 49.9. The molecule has 0 aliphatic carbocycles. The predicted molar refractivity (Wildman–Crippen MR) is 534 cm³/mol. The lowest BCUT2D eigenvalue weighted by molar-refractivity contribution is 0.122. The number of ether oxygens (including phenoxy) is 14. The number of rotatable bonds is 28. The summed E-state index contributed by atoms with van der Waals surface area (Å²) in [6, 6.07) is 41.0. The number of aromatic nitrogens is 16. The lowest BCUT2D eigenvalue weighted by Crippen LogP contribution is -2.36. The molecule has 2 saturated heterocycles. The monoisotopic (exact) mass is 2020 g/mol. The van der Waals surface area contributed by atoms with E-state index in [-0.39, 0.29) is 0 Å². The van der Waals surface area contributed by atoms with Crippen LogP contribution in [0.15, 0.2) is 181 Å². The maximum Gasteiger partial charge on any atom is 0.294 e. The van der Waals surface area contributed by atoms with Crippen molar-refractivity contribution in [3.05, 3.63) is 201 Å². The van der Waals surface area contributed by atoms with Crippen molar-refractivity contribution in [3.8, 4) is 134 Å². The van der Waals surface area contributed by atoms with Crippen molar-refractivity contribution in [2.75, 3.05) is 119 Å². The van der Waals surface area contributed by atoms with Gasteiger partial charge in [0.2, 0.25) is 19.8 Å². The highest BCUT2D eigenvalue weighted by Gasteiger charge is 2.27. The first-order chi connectivity index (χ1) is 68.0. The van der Waals surface area contributed by atoms with Crippen LogP contribution in [0.1, 0.15) is 38.1 Å². The van der Waals surface area contributed by atoms with Crippen molar-refractivity contribution in [2.45, 2.75) is 47.2 Å². The average Bonchev–Trinajstić information content (AvgIpc) is 1.63. The largest absolute Gasteiger partial charge is 0.496 e. The Morgan fingerprint density at radius 1 is 0.324 bits per heavy atom. The molecule has 2 aliphatic heterocycles. The molecule has 0 atom stereocenters. The molecule has 22 aromatic rings. The van der Waals surface area contributed by atoms with Crippen LogP contribution in [-0.2, 0) is 35.9 Å². The number of furan rings is 4. The molecular formula is C95H84N18O18S8. The van der Waals surface area contributed by atoms with Crippen LogP contribution in [0.5, 0.6) is 66.8 Å². The molecule has 0 bridgehead atoms. The minimum atomic E-state index is 0.328. The van der Waals surface area contributed by atoms with E-state index in [0.29, 0.717) is 161 Å². The molecule has 0 amide bonds. The molecular weight excluding hydrogens is 1940 g/mol. The smallest absolute Gasteiger partial charge is 0.294 e. The van der Waals surface area contributed by atoms with Gasteiger partial charge < -0.3 is 93.8 Å². The third-order valence-corrected chi connectivity index (χ3v) is 29.8. The summed E-state index contributed by atoms with van der Waals surface area (Å²) in [5.41, 5.74) is 12.3. The van der Waals surface area contributed by atoms with E-state index in [4.69, 9.17) is 104 Å². The van der Waals surface area contributed by atoms with Crippen LogP contribution in [0.25, 0.3) is 131 Å². The van der Waals surface area contributed by atoms with Crippen molar-refractivity contribution in [2.24, 2.45) is 0 Å². The van der Waals surface area contributed by atoms with Gasteiger partial charge in [-0.1, -0.05) is 60.2 Å². The molecule has 2 aliphatic rings. The van der Waals surface area contributed by atoms with E-state index < -0.39 is 0 Å². The highest BCUT2D eigenvalue weighted by molar-refractivity contribution is 7.19. The Morgan fingerprint density at radius 3 is 1.06 bits per heavy atom. The molecule has 24 rings (SSSR count). The second-order valence-corrected chi connectivity index (χ2v) is 38.9. The third-order valence-electron chi connectivity index (χ3n) is 22.3. The second-order valence-electron chi connectivity index (χ2n) is 31.2. The van der Waals surface area contributed by atoms with Crippen LogP contribution >= 0.6 is 90.7 Å². The molecule has 0 spiro atoms. The summed E-state index contributed by atoms with van der Waals surface area (Å²) in [5.74, 6) is 7.68. The van der Waals surface area contributed by atoms with Gasteiger partial charge in [0.1, 0.15) is 128 Å². The molecule has 36 nitrogen and oxygen atoms in total. The van der Waals surface area contributed by atoms with Crippen molar-refractivity contribution in [3.63, 3.8) is 0 Å². The Balaban J connectivity index is 0.000000110. The van der Waals surface area contributed by atoms with Crippen molar-refractivity contribution >= 4 is 165 Å². The average molecular weight is 2020 g/mol. The van der Waals surface area contributed by atoms with Crippen LogP contribution in [0.2, 0.25) is 0 Å². The summed E-state index contributed by atoms with van der Waals surface area (Å²) in [6.45, 7) is 13.9. The first-order valence-electron chi connectivity index (χ1n) is 43.2. The topological polar surface area (TPSA) is 361 Å². The number of benzene rings is 6. The number of hydrogen-bond acceptors (Lipinski definition) is 40. The number of nitrogens with zero attached hydrogens (tertiary/aromatic N) is 18. The van der Waals surface area contributed by atoms with Gasteiger partial charge in [-0.3, -0.25) is 0 Å². The minimum absolute atomic E-state index is 0.328. The summed E-state index contributed by atoms with van der Waals surface area (Å²) in [6.07, 6.45) is 7.25. The summed E-state index contributed by atoms with van der Waals surface area (Å²) in [7, 11) is 12.8. The lowest BCUT2D eigenvalue weighted by atomic mass is 10.2. The number of methoxy groups -OCH3 is 8. The van der Waals surface area contributed by atoms with Crippen molar-refractivity contribution in [1.82, 2.24) is 78.3 Å². The Hall–Kier alpha value is -14.5. The fourth-order valence-electron chi connectivity index (χ4n) is 15.1.